The van der Waals surface area contributed by atoms with Gasteiger partial charge in [0.1, 0.15) is 0 Å². The monoisotopic (exact) mass is 328 g/mol. The average molecular weight is 328 g/mol. The fraction of sp³-hybridized carbons (Fsp3) is 0.895. The van der Waals surface area contributed by atoms with E-state index in [1.54, 1.807) is 0 Å². The molecule has 0 aliphatic rings. The van der Waals surface area contributed by atoms with E-state index in [9.17, 15) is 9.59 Å². The van der Waals surface area contributed by atoms with Gasteiger partial charge in [0.2, 0.25) is 0 Å². The van der Waals surface area contributed by atoms with Crippen LogP contribution in [0.25, 0.3) is 0 Å². The predicted molar refractivity (Wildman–Crippen MR) is 93.2 cm³/mol. The average Bonchev–Trinajstić information content (AvgIpc) is 2.56. The zero-order chi connectivity index (χ0) is 17.3. The summed E-state index contributed by atoms with van der Waals surface area (Å²) in [5.74, 6) is 0.429. The summed E-state index contributed by atoms with van der Waals surface area (Å²) in [4.78, 5) is 22.0. The molecule has 23 heavy (non-hydrogen) atoms. The maximum absolute atomic E-state index is 11.1. The topological polar surface area (TPSA) is 52.6 Å². The summed E-state index contributed by atoms with van der Waals surface area (Å²) < 4.78 is 9.28. The minimum atomic E-state index is -0.0940. The van der Waals surface area contributed by atoms with Crippen molar-refractivity contribution in [1.29, 1.82) is 0 Å². The molecule has 0 N–H and O–H groups in total. The lowest BCUT2D eigenvalue weighted by atomic mass is 9.97. The number of methoxy groups -OCH3 is 2. The van der Waals surface area contributed by atoms with Gasteiger partial charge < -0.3 is 9.47 Å². The van der Waals surface area contributed by atoms with E-state index in [0.29, 0.717) is 18.8 Å². The molecule has 0 aromatic carbocycles. The van der Waals surface area contributed by atoms with Gasteiger partial charge in [0.05, 0.1) is 14.2 Å². The molecule has 1 atom stereocenters. The third-order valence-corrected chi connectivity index (χ3v) is 4.37. The molecular weight excluding hydrogens is 292 g/mol. The van der Waals surface area contributed by atoms with Crippen molar-refractivity contribution in [2.45, 2.75) is 90.4 Å². The highest BCUT2D eigenvalue weighted by Gasteiger charge is 2.06. The zero-order valence-corrected chi connectivity index (χ0v) is 15.4. The van der Waals surface area contributed by atoms with E-state index in [-0.39, 0.29) is 11.9 Å². The van der Waals surface area contributed by atoms with Crippen LogP contribution in [0.5, 0.6) is 0 Å². The number of unbranched alkanes of at least 4 members (excludes halogenated alkanes) is 8. The molecule has 0 saturated heterocycles. The number of hydrogen-bond donors (Lipinski definition) is 0. The van der Waals surface area contributed by atoms with Crippen LogP contribution in [0.4, 0.5) is 0 Å². The van der Waals surface area contributed by atoms with Crippen molar-refractivity contribution in [3.63, 3.8) is 0 Å². The van der Waals surface area contributed by atoms with Crippen molar-refractivity contribution >= 4 is 11.9 Å². The Kier molecular flexibility index (Phi) is 15.1. The van der Waals surface area contributed by atoms with Crippen molar-refractivity contribution in [1.82, 2.24) is 0 Å². The lowest BCUT2D eigenvalue weighted by Crippen LogP contribution is -2.04. The number of esters is 2. The Bertz CT molecular complexity index is 302. The van der Waals surface area contributed by atoms with Crippen LogP contribution in [0.1, 0.15) is 90.4 Å². The summed E-state index contributed by atoms with van der Waals surface area (Å²) in [6.45, 7) is 2.22. The standard InChI is InChI=1S/C19H36O4/c1-17(15-16-19(21)23-3)13-11-9-7-5-4-6-8-10-12-14-18(20)22-2/h17H,4-16H2,1-3H3. The van der Waals surface area contributed by atoms with Gasteiger partial charge in [-0.3, -0.25) is 9.59 Å². The number of carbonyl (C=O) groups is 2. The Balaban J connectivity index is 3.21. The van der Waals surface area contributed by atoms with Crippen LogP contribution < -0.4 is 0 Å². The Hall–Kier alpha value is -1.06. The highest BCUT2D eigenvalue weighted by molar-refractivity contribution is 5.69. The third kappa shape index (κ3) is 15.6. The van der Waals surface area contributed by atoms with Gasteiger partial charge >= 0.3 is 11.9 Å². The van der Waals surface area contributed by atoms with E-state index >= 15 is 0 Å². The van der Waals surface area contributed by atoms with E-state index < -0.39 is 0 Å². The van der Waals surface area contributed by atoms with Crippen molar-refractivity contribution < 1.29 is 19.1 Å². The summed E-state index contributed by atoms with van der Waals surface area (Å²) >= 11 is 0. The Labute approximate surface area is 142 Å². The molecule has 0 aromatic heterocycles. The largest absolute Gasteiger partial charge is 0.469 e. The molecule has 1 unspecified atom stereocenters. The van der Waals surface area contributed by atoms with Gasteiger partial charge in [0, 0.05) is 12.8 Å². The molecule has 4 heteroatoms. The van der Waals surface area contributed by atoms with Crippen LogP contribution in [-0.4, -0.2) is 26.2 Å². The normalized spacial score (nSPS) is 12.0. The van der Waals surface area contributed by atoms with E-state index in [1.807, 2.05) is 0 Å². The predicted octanol–water partition coefficient (Wildman–Crippen LogP) is 5.04. The molecule has 0 bridgehead atoms. The van der Waals surface area contributed by atoms with Crippen LogP contribution in [0.2, 0.25) is 0 Å². The second kappa shape index (κ2) is 15.8. The lowest BCUT2D eigenvalue weighted by Gasteiger charge is -2.10. The summed E-state index contributed by atoms with van der Waals surface area (Å²) in [5, 5.41) is 0. The van der Waals surface area contributed by atoms with E-state index in [4.69, 9.17) is 0 Å². The van der Waals surface area contributed by atoms with Crippen LogP contribution >= 0.6 is 0 Å². The van der Waals surface area contributed by atoms with Gasteiger partial charge in [-0.1, -0.05) is 64.7 Å². The molecule has 136 valence electrons. The Morgan fingerprint density at radius 2 is 1.09 bits per heavy atom. The first-order valence-electron chi connectivity index (χ1n) is 9.23. The van der Waals surface area contributed by atoms with Gasteiger partial charge in [-0.15, -0.1) is 0 Å². The van der Waals surface area contributed by atoms with Crippen LogP contribution in [0.15, 0.2) is 0 Å². The van der Waals surface area contributed by atoms with Crippen LogP contribution in [-0.2, 0) is 19.1 Å². The fourth-order valence-corrected chi connectivity index (χ4v) is 2.71. The quantitative estimate of drug-likeness (QED) is 0.312. The van der Waals surface area contributed by atoms with Gasteiger partial charge in [0.25, 0.3) is 0 Å². The summed E-state index contributed by atoms with van der Waals surface area (Å²) in [5.41, 5.74) is 0. The Morgan fingerprint density at radius 1 is 0.652 bits per heavy atom. The van der Waals surface area contributed by atoms with Gasteiger partial charge in [-0.05, 0) is 18.8 Å². The SMILES string of the molecule is COC(=O)CCCCCCCCCCCC(C)CCC(=O)OC. The van der Waals surface area contributed by atoms with Gasteiger partial charge in [-0.25, -0.2) is 0 Å². The van der Waals surface area contributed by atoms with Crippen LogP contribution in [0, 0.1) is 5.92 Å². The maximum Gasteiger partial charge on any atom is 0.305 e. The second-order valence-corrected chi connectivity index (χ2v) is 6.52. The third-order valence-electron chi connectivity index (χ3n) is 4.37. The number of rotatable bonds is 15. The molecule has 0 aliphatic heterocycles. The summed E-state index contributed by atoms with van der Waals surface area (Å²) in [7, 11) is 2.90. The molecular formula is C19H36O4. The minimum Gasteiger partial charge on any atom is -0.469 e. The summed E-state index contributed by atoms with van der Waals surface area (Å²) in [6, 6.07) is 0. The lowest BCUT2D eigenvalue weighted by molar-refractivity contribution is -0.141. The first-order valence-corrected chi connectivity index (χ1v) is 9.23. The molecule has 4 nitrogen and oxygen atoms in total. The maximum atomic E-state index is 11.1. The molecule has 0 aromatic rings. The van der Waals surface area contributed by atoms with Crippen molar-refractivity contribution in [3.05, 3.63) is 0 Å². The zero-order valence-electron chi connectivity index (χ0n) is 15.4. The van der Waals surface area contributed by atoms with E-state index in [1.165, 1.54) is 65.6 Å². The molecule has 0 aliphatic carbocycles. The Morgan fingerprint density at radius 3 is 1.61 bits per heavy atom. The summed E-state index contributed by atoms with van der Waals surface area (Å²) in [6.07, 6.45) is 14.3. The number of carbonyl (C=O) groups excluding carboxylic acids is 2. The van der Waals surface area contributed by atoms with Crippen molar-refractivity contribution in [3.8, 4) is 0 Å². The first kappa shape index (κ1) is 21.9. The minimum absolute atomic E-state index is 0.0918. The van der Waals surface area contributed by atoms with Gasteiger partial charge in [0.15, 0.2) is 0 Å². The molecule has 0 heterocycles. The number of hydrogen-bond acceptors (Lipinski definition) is 4. The molecule has 0 saturated carbocycles. The smallest absolute Gasteiger partial charge is 0.305 e. The highest BCUT2D eigenvalue weighted by atomic mass is 16.5. The molecule has 0 fully saturated rings. The molecule has 0 amide bonds. The second-order valence-electron chi connectivity index (χ2n) is 6.52. The molecule has 0 spiro atoms. The first-order chi connectivity index (χ1) is 11.1. The van der Waals surface area contributed by atoms with E-state index in [2.05, 4.69) is 16.4 Å². The van der Waals surface area contributed by atoms with Crippen molar-refractivity contribution in [2.75, 3.05) is 14.2 Å². The van der Waals surface area contributed by atoms with Crippen LogP contribution in [0.3, 0.4) is 0 Å². The highest BCUT2D eigenvalue weighted by Crippen LogP contribution is 2.17. The van der Waals surface area contributed by atoms with Crippen molar-refractivity contribution in [2.24, 2.45) is 5.92 Å². The van der Waals surface area contributed by atoms with E-state index in [0.717, 1.165) is 19.3 Å². The fourth-order valence-electron chi connectivity index (χ4n) is 2.71. The molecule has 0 rings (SSSR count). The number of ether oxygens (including phenoxy) is 2. The molecule has 0 radical (unpaired) electrons. The van der Waals surface area contributed by atoms with Gasteiger partial charge in [-0.2, -0.15) is 0 Å².